The van der Waals surface area contributed by atoms with Crippen LogP contribution in [0.15, 0.2) is 59.8 Å². The van der Waals surface area contributed by atoms with Gasteiger partial charge in [0.05, 0.1) is 7.11 Å². The van der Waals surface area contributed by atoms with E-state index in [1.54, 1.807) is 12.2 Å². The van der Waals surface area contributed by atoms with Crippen LogP contribution < -0.4 is 0 Å². The molecule has 0 amide bonds. The van der Waals surface area contributed by atoms with Gasteiger partial charge in [0.25, 0.3) is 0 Å². The predicted octanol–water partition coefficient (Wildman–Crippen LogP) is 2.24. The second-order valence-electron chi connectivity index (χ2n) is 4.49. The maximum atomic E-state index is 12.3. The van der Waals surface area contributed by atoms with Gasteiger partial charge in [0.1, 0.15) is 11.7 Å². The summed E-state index contributed by atoms with van der Waals surface area (Å²) in [5, 5.41) is 0. The number of methoxy groups -OCH3 is 1. The third-order valence-corrected chi connectivity index (χ3v) is 3.24. The van der Waals surface area contributed by atoms with Crippen LogP contribution >= 0.6 is 0 Å². The van der Waals surface area contributed by atoms with Crippen molar-refractivity contribution in [1.82, 2.24) is 0 Å². The first-order chi connectivity index (χ1) is 9.70. The number of hydrogen-bond acceptors (Lipinski definition) is 4. The Morgan fingerprint density at radius 2 is 1.85 bits per heavy atom. The number of benzene rings is 1. The zero-order valence-corrected chi connectivity index (χ0v) is 10.8. The van der Waals surface area contributed by atoms with Gasteiger partial charge in [-0.25, -0.2) is 0 Å². The van der Waals surface area contributed by atoms with E-state index >= 15 is 0 Å². The number of rotatable bonds is 2. The third kappa shape index (κ3) is 1.95. The molecular formula is C16H12O4. The molecule has 1 fully saturated rings. The zero-order valence-electron chi connectivity index (χ0n) is 10.8. The summed E-state index contributed by atoms with van der Waals surface area (Å²) in [5.41, 5.74) is 0.850. The average Bonchev–Trinajstić information content (AvgIpc) is 2.78. The van der Waals surface area contributed by atoms with Gasteiger partial charge in [-0.3, -0.25) is 9.59 Å². The predicted molar refractivity (Wildman–Crippen MR) is 72.2 cm³/mol. The normalized spacial score (nSPS) is 23.1. The standard InChI is InChI=1S/C16H12O4/c1-19-12-8-7-11-14(15(12)17)16(18)13(20-11)9-10-5-3-2-4-6-10/h2-9,14H,1H3/b13-9-. The summed E-state index contributed by atoms with van der Waals surface area (Å²) in [6, 6.07) is 9.35. The van der Waals surface area contributed by atoms with Gasteiger partial charge in [0.15, 0.2) is 11.5 Å². The van der Waals surface area contributed by atoms with E-state index in [2.05, 4.69) is 0 Å². The Balaban J connectivity index is 1.94. The second-order valence-corrected chi connectivity index (χ2v) is 4.49. The summed E-state index contributed by atoms with van der Waals surface area (Å²) in [7, 11) is 1.41. The lowest BCUT2D eigenvalue weighted by Gasteiger charge is -2.12. The topological polar surface area (TPSA) is 52.6 Å². The van der Waals surface area contributed by atoms with Gasteiger partial charge in [0, 0.05) is 0 Å². The van der Waals surface area contributed by atoms with Crippen LogP contribution in [0.25, 0.3) is 6.08 Å². The van der Waals surface area contributed by atoms with Gasteiger partial charge in [-0.1, -0.05) is 30.3 Å². The smallest absolute Gasteiger partial charge is 0.216 e. The SMILES string of the molecule is COC1=CC=C2O/C(=C\c3ccccc3)C(=O)C2C1=O. The highest BCUT2D eigenvalue weighted by atomic mass is 16.5. The van der Waals surface area contributed by atoms with Gasteiger partial charge in [-0.2, -0.15) is 0 Å². The van der Waals surface area contributed by atoms with Gasteiger partial charge < -0.3 is 9.47 Å². The van der Waals surface area contributed by atoms with E-state index in [1.807, 2.05) is 30.3 Å². The average molecular weight is 268 g/mol. The van der Waals surface area contributed by atoms with Gasteiger partial charge in [-0.15, -0.1) is 0 Å². The molecule has 2 aliphatic rings. The molecule has 0 radical (unpaired) electrons. The lowest BCUT2D eigenvalue weighted by atomic mass is 9.92. The minimum Gasteiger partial charge on any atom is -0.493 e. The number of carbonyl (C=O) groups is 2. The van der Waals surface area contributed by atoms with Crippen LogP contribution in [0.1, 0.15) is 5.56 Å². The van der Waals surface area contributed by atoms with Crippen LogP contribution in [0, 0.1) is 5.92 Å². The molecule has 0 saturated carbocycles. The summed E-state index contributed by atoms with van der Waals surface area (Å²) in [5.74, 6) is -0.852. The van der Waals surface area contributed by atoms with Crippen molar-refractivity contribution in [2.75, 3.05) is 7.11 Å². The fourth-order valence-electron chi connectivity index (χ4n) is 2.24. The molecule has 4 nitrogen and oxygen atoms in total. The highest BCUT2D eigenvalue weighted by Crippen LogP contribution is 2.35. The number of hydrogen-bond donors (Lipinski definition) is 0. The molecule has 0 bridgehead atoms. The van der Waals surface area contributed by atoms with Crippen LogP contribution in [0.5, 0.6) is 0 Å². The maximum absolute atomic E-state index is 12.3. The zero-order chi connectivity index (χ0) is 14.1. The van der Waals surface area contributed by atoms with Crippen molar-refractivity contribution in [2.24, 2.45) is 5.92 Å². The van der Waals surface area contributed by atoms with Crippen molar-refractivity contribution in [2.45, 2.75) is 0 Å². The molecule has 1 atom stereocenters. The first kappa shape index (κ1) is 12.4. The fraction of sp³-hybridized carbons (Fsp3) is 0.125. The van der Waals surface area contributed by atoms with Crippen molar-refractivity contribution in [3.05, 3.63) is 65.3 Å². The largest absolute Gasteiger partial charge is 0.493 e. The number of carbonyl (C=O) groups excluding carboxylic acids is 2. The third-order valence-electron chi connectivity index (χ3n) is 3.24. The lowest BCUT2D eigenvalue weighted by Crippen LogP contribution is -2.25. The minimum absolute atomic E-state index is 0.177. The summed E-state index contributed by atoms with van der Waals surface area (Å²) >= 11 is 0. The van der Waals surface area contributed by atoms with E-state index < -0.39 is 5.92 Å². The van der Waals surface area contributed by atoms with E-state index in [0.717, 1.165) is 5.56 Å². The highest BCUT2D eigenvalue weighted by molar-refractivity contribution is 6.19. The molecule has 1 unspecified atom stereocenters. The van der Waals surface area contributed by atoms with Crippen LogP contribution in [0.2, 0.25) is 0 Å². The minimum atomic E-state index is -0.898. The molecule has 1 aromatic carbocycles. The molecule has 1 aliphatic carbocycles. The number of fused-ring (bicyclic) bond motifs is 1. The highest BCUT2D eigenvalue weighted by Gasteiger charge is 2.44. The number of Topliss-reactive ketones (excluding diaryl/α,β-unsaturated/α-hetero) is 2. The number of ether oxygens (including phenoxy) is 2. The van der Waals surface area contributed by atoms with E-state index in [-0.39, 0.29) is 23.1 Å². The van der Waals surface area contributed by atoms with Gasteiger partial charge in [0.2, 0.25) is 11.6 Å². The monoisotopic (exact) mass is 268 g/mol. The Hall–Kier alpha value is -2.62. The number of allylic oxidation sites excluding steroid dienone is 5. The molecular weight excluding hydrogens is 256 g/mol. The first-order valence-corrected chi connectivity index (χ1v) is 6.19. The Kier molecular flexibility index (Phi) is 2.99. The molecule has 20 heavy (non-hydrogen) atoms. The maximum Gasteiger partial charge on any atom is 0.216 e. The summed E-state index contributed by atoms with van der Waals surface area (Å²) < 4.78 is 10.4. The lowest BCUT2D eigenvalue weighted by molar-refractivity contribution is -0.128. The van der Waals surface area contributed by atoms with Crippen molar-refractivity contribution >= 4 is 17.6 Å². The fourth-order valence-corrected chi connectivity index (χ4v) is 2.24. The molecule has 1 aromatic rings. The van der Waals surface area contributed by atoms with Crippen LogP contribution in [0.4, 0.5) is 0 Å². The van der Waals surface area contributed by atoms with Crippen molar-refractivity contribution < 1.29 is 19.1 Å². The molecule has 1 saturated heterocycles. The molecule has 0 aromatic heterocycles. The molecule has 1 aliphatic heterocycles. The number of ketones is 2. The van der Waals surface area contributed by atoms with E-state index in [0.29, 0.717) is 5.76 Å². The molecule has 3 rings (SSSR count). The van der Waals surface area contributed by atoms with Gasteiger partial charge in [-0.05, 0) is 23.8 Å². The molecule has 100 valence electrons. The Morgan fingerprint density at radius 1 is 1.10 bits per heavy atom. The molecule has 0 N–H and O–H groups in total. The van der Waals surface area contributed by atoms with Gasteiger partial charge >= 0.3 is 0 Å². The Labute approximate surface area is 116 Å². The Bertz CT molecular complexity index is 665. The molecule has 0 spiro atoms. The van der Waals surface area contributed by atoms with Crippen molar-refractivity contribution in [3.63, 3.8) is 0 Å². The van der Waals surface area contributed by atoms with Crippen molar-refractivity contribution in [1.29, 1.82) is 0 Å². The Morgan fingerprint density at radius 3 is 2.55 bits per heavy atom. The van der Waals surface area contributed by atoms with E-state index in [4.69, 9.17) is 9.47 Å². The van der Waals surface area contributed by atoms with E-state index in [1.165, 1.54) is 13.2 Å². The summed E-state index contributed by atoms with van der Waals surface area (Å²) in [6.07, 6.45) is 4.77. The quantitative estimate of drug-likeness (QED) is 0.609. The van der Waals surface area contributed by atoms with Crippen molar-refractivity contribution in [3.8, 4) is 0 Å². The van der Waals surface area contributed by atoms with Crippen LogP contribution in [-0.4, -0.2) is 18.7 Å². The molecule has 4 heteroatoms. The summed E-state index contributed by atoms with van der Waals surface area (Å²) in [4.78, 5) is 24.4. The molecule has 1 heterocycles. The first-order valence-electron chi connectivity index (χ1n) is 6.19. The summed E-state index contributed by atoms with van der Waals surface area (Å²) in [6.45, 7) is 0. The van der Waals surface area contributed by atoms with Crippen LogP contribution in [0.3, 0.4) is 0 Å². The van der Waals surface area contributed by atoms with E-state index in [9.17, 15) is 9.59 Å². The second kappa shape index (κ2) is 4.81. The van der Waals surface area contributed by atoms with Crippen LogP contribution in [-0.2, 0) is 19.1 Å².